The molecule has 1 atom stereocenters. The van der Waals surface area contributed by atoms with Crippen LogP contribution in [-0.2, 0) is 16.4 Å². The van der Waals surface area contributed by atoms with E-state index in [0.29, 0.717) is 0 Å². The minimum atomic E-state index is -1.75. The number of benzene rings is 1. The van der Waals surface area contributed by atoms with Crippen molar-refractivity contribution in [2.45, 2.75) is 44.5 Å². The zero-order chi connectivity index (χ0) is 13.4. The Balaban J connectivity index is 2.50. The van der Waals surface area contributed by atoms with Crippen molar-refractivity contribution in [2.75, 3.05) is 0 Å². The molecule has 1 aromatic rings. The van der Waals surface area contributed by atoms with Gasteiger partial charge in [0.1, 0.15) is 6.07 Å². The third-order valence-corrected chi connectivity index (χ3v) is 4.59. The third-order valence-electron chi connectivity index (χ3n) is 3.14. The van der Waals surface area contributed by atoms with Crippen molar-refractivity contribution in [3.8, 4) is 6.07 Å². The molecule has 0 saturated carbocycles. The van der Waals surface area contributed by atoms with E-state index in [1.54, 1.807) is 0 Å². The SMILES string of the molecule is C[Si](C)(C)OC1(C#N)CCCc2cc(Br)ccc21. The van der Waals surface area contributed by atoms with Gasteiger partial charge in [-0.3, -0.25) is 0 Å². The number of nitrogens with zero attached hydrogens (tertiary/aromatic N) is 1. The molecule has 0 spiro atoms. The summed E-state index contributed by atoms with van der Waals surface area (Å²) in [4.78, 5) is 0. The number of hydrogen-bond donors (Lipinski definition) is 0. The Morgan fingerprint density at radius 1 is 1.39 bits per heavy atom. The summed E-state index contributed by atoms with van der Waals surface area (Å²) in [6.07, 6.45) is 2.86. The Morgan fingerprint density at radius 3 is 2.72 bits per heavy atom. The van der Waals surface area contributed by atoms with Gasteiger partial charge in [-0.2, -0.15) is 5.26 Å². The minimum Gasteiger partial charge on any atom is -0.396 e. The molecule has 1 aliphatic rings. The van der Waals surface area contributed by atoms with Crippen LogP contribution in [0.5, 0.6) is 0 Å². The molecule has 1 aliphatic carbocycles. The van der Waals surface area contributed by atoms with E-state index in [9.17, 15) is 5.26 Å². The van der Waals surface area contributed by atoms with Crippen LogP contribution in [0.2, 0.25) is 19.6 Å². The van der Waals surface area contributed by atoms with Gasteiger partial charge in [0, 0.05) is 10.0 Å². The summed E-state index contributed by atoms with van der Waals surface area (Å²) >= 11 is 3.50. The molecule has 0 heterocycles. The van der Waals surface area contributed by atoms with E-state index in [2.05, 4.69) is 47.7 Å². The quantitative estimate of drug-likeness (QED) is 0.758. The summed E-state index contributed by atoms with van der Waals surface area (Å²) < 4.78 is 7.32. The molecule has 0 saturated heterocycles. The Kier molecular flexibility index (Phi) is 3.68. The van der Waals surface area contributed by atoms with Gasteiger partial charge < -0.3 is 4.43 Å². The van der Waals surface area contributed by atoms with Crippen molar-refractivity contribution in [1.82, 2.24) is 0 Å². The van der Waals surface area contributed by atoms with Gasteiger partial charge in [0.05, 0.1) is 0 Å². The second-order valence-electron chi connectivity index (χ2n) is 5.81. The first-order valence-electron chi connectivity index (χ1n) is 6.27. The maximum Gasteiger partial charge on any atom is 0.186 e. The molecule has 18 heavy (non-hydrogen) atoms. The van der Waals surface area contributed by atoms with E-state index in [0.717, 1.165) is 29.3 Å². The third kappa shape index (κ3) is 2.69. The average Bonchev–Trinajstić information content (AvgIpc) is 2.26. The zero-order valence-corrected chi connectivity index (χ0v) is 13.7. The van der Waals surface area contributed by atoms with Crippen LogP contribution in [0.15, 0.2) is 22.7 Å². The summed E-state index contributed by atoms with van der Waals surface area (Å²) in [7, 11) is -1.75. The van der Waals surface area contributed by atoms with Crippen LogP contribution >= 0.6 is 15.9 Å². The van der Waals surface area contributed by atoms with Crippen molar-refractivity contribution in [1.29, 1.82) is 5.26 Å². The highest BCUT2D eigenvalue weighted by molar-refractivity contribution is 9.10. The minimum absolute atomic E-state index is 0.723. The standard InChI is InChI=1S/C14H18BrNOSi/c1-18(2,3)17-14(10-16)8-4-5-11-9-12(15)6-7-13(11)14/h6-7,9H,4-5,8H2,1-3H3. The molecule has 0 aromatic heterocycles. The predicted octanol–water partition coefficient (Wildman–Crippen LogP) is 4.36. The van der Waals surface area contributed by atoms with Gasteiger partial charge in [-0.25, -0.2) is 0 Å². The molecule has 0 radical (unpaired) electrons. The first-order chi connectivity index (χ1) is 8.36. The van der Waals surface area contributed by atoms with Crippen LogP contribution in [0.1, 0.15) is 24.0 Å². The van der Waals surface area contributed by atoms with Gasteiger partial charge in [-0.15, -0.1) is 0 Å². The van der Waals surface area contributed by atoms with E-state index in [1.807, 2.05) is 12.1 Å². The molecule has 1 unspecified atom stereocenters. The van der Waals surface area contributed by atoms with Gasteiger partial charge in [0.2, 0.25) is 0 Å². The van der Waals surface area contributed by atoms with Crippen LogP contribution in [0.4, 0.5) is 0 Å². The zero-order valence-electron chi connectivity index (χ0n) is 11.1. The van der Waals surface area contributed by atoms with Gasteiger partial charge in [0.15, 0.2) is 13.9 Å². The lowest BCUT2D eigenvalue weighted by Crippen LogP contribution is -2.42. The number of hydrogen-bond acceptors (Lipinski definition) is 2. The first-order valence-corrected chi connectivity index (χ1v) is 10.5. The van der Waals surface area contributed by atoms with Crippen LogP contribution in [0.3, 0.4) is 0 Å². The summed E-state index contributed by atoms with van der Waals surface area (Å²) in [6, 6.07) is 8.61. The number of aryl methyl sites for hydroxylation is 1. The van der Waals surface area contributed by atoms with E-state index in [-0.39, 0.29) is 0 Å². The molecule has 2 rings (SSSR count). The second kappa shape index (κ2) is 4.80. The lowest BCUT2D eigenvalue weighted by atomic mass is 9.80. The first kappa shape index (κ1) is 13.8. The maximum absolute atomic E-state index is 9.66. The molecule has 0 fully saturated rings. The van der Waals surface area contributed by atoms with E-state index in [1.165, 1.54) is 5.56 Å². The summed E-state index contributed by atoms with van der Waals surface area (Å²) in [5.74, 6) is 0. The summed E-state index contributed by atoms with van der Waals surface area (Å²) in [5, 5.41) is 9.66. The Hall–Kier alpha value is -0.633. The van der Waals surface area contributed by atoms with Gasteiger partial charge in [-0.1, -0.05) is 22.0 Å². The fourth-order valence-corrected chi connectivity index (χ4v) is 4.30. The van der Waals surface area contributed by atoms with E-state index in [4.69, 9.17) is 4.43 Å². The second-order valence-corrected chi connectivity index (χ2v) is 11.2. The lowest BCUT2D eigenvalue weighted by molar-refractivity contribution is 0.0984. The molecule has 4 heteroatoms. The van der Waals surface area contributed by atoms with Crippen molar-refractivity contribution >= 4 is 24.2 Å². The molecule has 0 amide bonds. The number of halogens is 1. The predicted molar refractivity (Wildman–Crippen MR) is 78.8 cm³/mol. The lowest BCUT2D eigenvalue weighted by Gasteiger charge is -2.38. The molecule has 0 aliphatic heterocycles. The molecule has 0 N–H and O–H groups in total. The maximum atomic E-state index is 9.66. The number of nitriles is 1. The fourth-order valence-electron chi connectivity index (χ4n) is 2.59. The Labute approximate surface area is 118 Å². The fraction of sp³-hybridized carbons (Fsp3) is 0.500. The van der Waals surface area contributed by atoms with Gasteiger partial charge in [-0.05, 0) is 56.6 Å². The van der Waals surface area contributed by atoms with Crippen LogP contribution in [0, 0.1) is 11.3 Å². The summed E-state index contributed by atoms with van der Waals surface area (Å²) in [6.45, 7) is 6.41. The van der Waals surface area contributed by atoms with Crippen LogP contribution < -0.4 is 0 Å². The van der Waals surface area contributed by atoms with Gasteiger partial charge >= 0.3 is 0 Å². The van der Waals surface area contributed by atoms with Gasteiger partial charge in [0.25, 0.3) is 0 Å². The Morgan fingerprint density at radius 2 is 2.11 bits per heavy atom. The highest BCUT2D eigenvalue weighted by Gasteiger charge is 2.41. The molecule has 96 valence electrons. The number of rotatable bonds is 2. The largest absolute Gasteiger partial charge is 0.396 e. The number of fused-ring (bicyclic) bond motifs is 1. The van der Waals surface area contributed by atoms with Crippen molar-refractivity contribution in [3.63, 3.8) is 0 Å². The van der Waals surface area contributed by atoms with Crippen molar-refractivity contribution < 1.29 is 4.43 Å². The molecular weight excluding hydrogens is 306 g/mol. The highest BCUT2D eigenvalue weighted by Crippen LogP contribution is 2.40. The average molecular weight is 324 g/mol. The van der Waals surface area contributed by atoms with Crippen LogP contribution in [-0.4, -0.2) is 8.32 Å². The van der Waals surface area contributed by atoms with Crippen molar-refractivity contribution in [3.05, 3.63) is 33.8 Å². The summed E-state index contributed by atoms with van der Waals surface area (Å²) in [5.41, 5.74) is 1.59. The normalized spacial score (nSPS) is 23.3. The topological polar surface area (TPSA) is 33.0 Å². The molecule has 2 nitrogen and oxygen atoms in total. The van der Waals surface area contributed by atoms with E-state index < -0.39 is 13.9 Å². The molecule has 1 aromatic carbocycles. The highest BCUT2D eigenvalue weighted by atomic mass is 79.9. The smallest absolute Gasteiger partial charge is 0.186 e. The molecular formula is C14H18BrNOSi. The Bertz CT molecular complexity index is 503. The van der Waals surface area contributed by atoms with E-state index >= 15 is 0 Å². The van der Waals surface area contributed by atoms with Crippen LogP contribution in [0.25, 0.3) is 0 Å². The van der Waals surface area contributed by atoms with Crippen molar-refractivity contribution in [2.24, 2.45) is 0 Å². The monoisotopic (exact) mass is 323 g/mol. The molecule has 0 bridgehead atoms.